The molecule has 22 heavy (non-hydrogen) atoms. The van der Waals surface area contributed by atoms with Crippen molar-refractivity contribution < 1.29 is 15.0 Å². The summed E-state index contributed by atoms with van der Waals surface area (Å²) in [6.45, 7) is 2.23. The number of nitrogen functional groups attached to an aromatic ring is 1. The van der Waals surface area contributed by atoms with Crippen molar-refractivity contribution in [3.05, 3.63) is 5.15 Å². The van der Waals surface area contributed by atoms with E-state index in [0.29, 0.717) is 11.0 Å². The molecule has 0 aromatic carbocycles. The Hall–Kier alpha value is -1.45. The van der Waals surface area contributed by atoms with Crippen molar-refractivity contribution >= 4 is 41.0 Å². The lowest BCUT2D eigenvalue weighted by Crippen LogP contribution is -2.33. The van der Waals surface area contributed by atoms with Gasteiger partial charge in [0, 0.05) is 12.3 Å². The summed E-state index contributed by atoms with van der Waals surface area (Å²) in [7, 11) is 0. The number of nitrogens with zero attached hydrogens (tertiary/aromatic N) is 3. The Morgan fingerprint density at radius 2 is 2.27 bits per heavy atom. The number of likely N-dealkylation sites (tertiary alicyclic amines) is 1. The number of aliphatic hydroxyl groups excluding tert-OH is 1. The molecule has 1 aliphatic rings. The molecule has 0 saturated carbocycles. The number of rotatable bonds is 5. The summed E-state index contributed by atoms with van der Waals surface area (Å²) in [6, 6.07) is -0.492. The number of β-amino-alcohol motifs (C(OH)–C–C–N with tert-alkyl or cyclic N) is 1. The fraction of sp³-hybridized carbons (Fsp3) is 0.583. The molecule has 1 amide bonds. The van der Waals surface area contributed by atoms with Gasteiger partial charge in [-0.25, -0.2) is 14.8 Å². The smallest absolute Gasteiger partial charge is 0.407 e. The molecule has 0 unspecified atom stereocenters. The number of hydrogen-bond acceptors (Lipinski definition) is 7. The van der Waals surface area contributed by atoms with E-state index in [1.807, 2.05) is 6.92 Å². The van der Waals surface area contributed by atoms with Gasteiger partial charge in [0.2, 0.25) is 0 Å². The maximum Gasteiger partial charge on any atom is 0.407 e. The molecule has 8 nitrogen and oxygen atoms in total. The van der Waals surface area contributed by atoms with Crippen molar-refractivity contribution in [1.29, 1.82) is 0 Å². The molecule has 0 bridgehead atoms. The maximum absolute atomic E-state index is 11.0. The second-order valence-corrected chi connectivity index (χ2v) is 6.33. The van der Waals surface area contributed by atoms with Crippen LogP contribution in [0.4, 0.5) is 16.3 Å². The molecule has 0 aliphatic carbocycles. The molecule has 0 spiro atoms. The zero-order chi connectivity index (χ0) is 16.3. The zero-order valence-corrected chi connectivity index (χ0v) is 13.6. The highest BCUT2D eigenvalue weighted by molar-refractivity contribution is 7.99. The molecule has 2 heterocycles. The molecule has 5 N–H and O–H groups in total. The predicted molar refractivity (Wildman–Crippen MR) is 85.5 cm³/mol. The Morgan fingerprint density at radius 1 is 1.55 bits per heavy atom. The third-order valence-electron chi connectivity index (χ3n) is 3.20. The number of aliphatic hydroxyl groups is 1. The van der Waals surface area contributed by atoms with Gasteiger partial charge in [0.1, 0.15) is 5.69 Å². The lowest BCUT2D eigenvalue weighted by molar-refractivity contribution is 0.139. The number of carboxylic acid groups (broad SMARTS) is 1. The summed E-state index contributed by atoms with van der Waals surface area (Å²) in [5.74, 6) is 1.16. The fourth-order valence-electron chi connectivity index (χ4n) is 2.05. The van der Waals surface area contributed by atoms with Crippen LogP contribution >= 0.6 is 23.4 Å². The van der Waals surface area contributed by atoms with Crippen LogP contribution in [0, 0.1) is 0 Å². The van der Waals surface area contributed by atoms with Gasteiger partial charge >= 0.3 is 6.09 Å². The molecule has 1 saturated heterocycles. The SMILES string of the molecule is CCCSc1nc(Cl)c(N)c(N[C@@H]2CN(C(=O)O)C[C@H]2O)n1. The second kappa shape index (κ2) is 7.21. The van der Waals surface area contributed by atoms with Crippen LogP contribution in [0.25, 0.3) is 0 Å². The van der Waals surface area contributed by atoms with Crippen LogP contribution in [-0.4, -0.2) is 62.2 Å². The lowest BCUT2D eigenvalue weighted by atomic mass is 10.2. The minimum atomic E-state index is -1.07. The third kappa shape index (κ3) is 3.84. The molecule has 0 radical (unpaired) electrons. The first-order valence-electron chi connectivity index (χ1n) is 6.80. The highest BCUT2D eigenvalue weighted by atomic mass is 35.5. The van der Waals surface area contributed by atoms with Crippen molar-refractivity contribution in [3.8, 4) is 0 Å². The number of anilines is 2. The first-order valence-corrected chi connectivity index (χ1v) is 8.17. The van der Waals surface area contributed by atoms with E-state index >= 15 is 0 Å². The van der Waals surface area contributed by atoms with Gasteiger partial charge in [-0.3, -0.25) is 0 Å². The van der Waals surface area contributed by atoms with Crippen molar-refractivity contribution in [1.82, 2.24) is 14.9 Å². The molecular weight excluding hydrogens is 330 g/mol. The van der Waals surface area contributed by atoms with Gasteiger partial charge in [-0.15, -0.1) is 0 Å². The van der Waals surface area contributed by atoms with Gasteiger partial charge in [-0.2, -0.15) is 0 Å². The minimum absolute atomic E-state index is 0.0448. The summed E-state index contributed by atoms with van der Waals surface area (Å²) in [6.07, 6.45) is -0.944. The van der Waals surface area contributed by atoms with Gasteiger partial charge in [-0.05, 0) is 6.42 Å². The van der Waals surface area contributed by atoms with Gasteiger partial charge in [-0.1, -0.05) is 30.3 Å². The number of thioether (sulfide) groups is 1. The van der Waals surface area contributed by atoms with Gasteiger partial charge in [0.05, 0.1) is 18.7 Å². The average molecular weight is 348 g/mol. The highest BCUT2D eigenvalue weighted by Crippen LogP contribution is 2.29. The molecule has 1 fully saturated rings. The highest BCUT2D eigenvalue weighted by Gasteiger charge is 2.34. The number of halogens is 1. The van der Waals surface area contributed by atoms with E-state index in [0.717, 1.165) is 17.1 Å². The fourth-order valence-corrected chi connectivity index (χ4v) is 2.97. The Labute approximate surface area is 137 Å². The number of hydrogen-bond donors (Lipinski definition) is 4. The van der Waals surface area contributed by atoms with E-state index in [2.05, 4.69) is 15.3 Å². The normalized spacial score (nSPS) is 21.1. The summed E-state index contributed by atoms with van der Waals surface area (Å²) in [5, 5.41) is 22.5. The predicted octanol–water partition coefficient (Wildman–Crippen LogP) is 1.35. The van der Waals surface area contributed by atoms with Crippen LogP contribution in [0.5, 0.6) is 0 Å². The summed E-state index contributed by atoms with van der Waals surface area (Å²) >= 11 is 7.45. The Kier molecular flexibility index (Phi) is 5.54. The van der Waals surface area contributed by atoms with E-state index in [1.165, 1.54) is 11.8 Å². The Morgan fingerprint density at radius 3 is 2.86 bits per heavy atom. The van der Waals surface area contributed by atoms with Crippen molar-refractivity contribution in [2.24, 2.45) is 0 Å². The zero-order valence-electron chi connectivity index (χ0n) is 12.0. The number of nitrogens with two attached hydrogens (primary N) is 1. The van der Waals surface area contributed by atoms with E-state index in [1.54, 1.807) is 0 Å². The molecule has 2 rings (SSSR count). The Balaban J connectivity index is 2.14. The summed E-state index contributed by atoms with van der Waals surface area (Å²) in [4.78, 5) is 20.5. The molecular formula is C12H18ClN5O3S. The maximum atomic E-state index is 11.0. The van der Waals surface area contributed by atoms with Crippen LogP contribution in [0.3, 0.4) is 0 Å². The molecule has 1 aromatic rings. The van der Waals surface area contributed by atoms with Gasteiger partial charge in [0.25, 0.3) is 0 Å². The van der Waals surface area contributed by atoms with E-state index in [-0.39, 0.29) is 23.9 Å². The van der Waals surface area contributed by atoms with Crippen LogP contribution in [0.15, 0.2) is 5.16 Å². The number of amides is 1. The molecule has 10 heteroatoms. The monoisotopic (exact) mass is 347 g/mol. The quantitative estimate of drug-likeness (QED) is 0.357. The van der Waals surface area contributed by atoms with E-state index in [4.69, 9.17) is 22.4 Å². The molecule has 122 valence electrons. The standard InChI is InChI=1S/C12H18ClN5O3S/c1-2-3-22-11-16-9(13)8(14)10(17-11)15-6-4-18(12(20)21)5-7(6)19/h6-7,19H,2-5,14H2,1H3,(H,20,21)(H,15,16,17)/t6-,7-/m1/s1. The largest absolute Gasteiger partial charge is 0.465 e. The Bertz CT molecular complexity index is 562. The van der Waals surface area contributed by atoms with Crippen molar-refractivity contribution in [2.75, 3.05) is 29.9 Å². The summed E-state index contributed by atoms with van der Waals surface area (Å²) in [5.41, 5.74) is 6.04. The van der Waals surface area contributed by atoms with Crippen LogP contribution in [0.1, 0.15) is 13.3 Å². The van der Waals surface area contributed by atoms with Crippen molar-refractivity contribution in [3.63, 3.8) is 0 Å². The van der Waals surface area contributed by atoms with Crippen LogP contribution < -0.4 is 11.1 Å². The number of nitrogens with one attached hydrogen (secondary N) is 1. The number of aromatic nitrogens is 2. The lowest BCUT2D eigenvalue weighted by Gasteiger charge is -2.18. The first-order chi connectivity index (χ1) is 10.4. The van der Waals surface area contributed by atoms with Crippen molar-refractivity contribution in [2.45, 2.75) is 30.6 Å². The van der Waals surface area contributed by atoms with E-state index < -0.39 is 18.2 Å². The minimum Gasteiger partial charge on any atom is -0.465 e. The van der Waals surface area contributed by atoms with Gasteiger partial charge < -0.3 is 26.2 Å². The number of carbonyl (C=O) groups is 1. The van der Waals surface area contributed by atoms with Crippen LogP contribution in [-0.2, 0) is 0 Å². The molecule has 2 atom stereocenters. The second-order valence-electron chi connectivity index (χ2n) is 4.91. The topological polar surface area (TPSA) is 125 Å². The third-order valence-corrected chi connectivity index (χ3v) is 4.54. The molecule has 1 aromatic heterocycles. The van der Waals surface area contributed by atoms with Gasteiger partial charge in [0.15, 0.2) is 16.1 Å². The first kappa shape index (κ1) is 16.9. The summed E-state index contributed by atoms with van der Waals surface area (Å²) < 4.78 is 0. The van der Waals surface area contributed by atoms with E-state index in [9.17, 15) is 9.90 Å². The average Bonchev–Trinajstić information content (AvgIpc) is 2.83. The molecule has 1 aliphatic heterocycles. The van der Waals surface area contributed by atoms with Crippen LogP contribution in [0.2, 0.25) is 5.15 Å².